The molecule has 0 radical (unpaired) electrons. The molecule has 0 spiro atoms. The second kappa shape index (κ2) is 12.7. The van der Waals surface area contributed by atoms with E-state index >= 15 is 0 Å². The van der Waals surface area contributed by atoms with Crippen LogP contribution < -0.4 is 0 Å². The average Bonchev–Trinajstić information content (AvgIpc) is 2.70. The monoisotopic (exact) mass is 436 g/mol. The molecule has 0 aliphatic rings. The number of ether oxygens (including phenoxy) is 1. The molecule has 1 rings (SSSR count). The lowest BCUT2D eigenvalue weighted by Crippen LogP contribution is -2.49. The highest BCUT2D eigenvalue weighted by molar-refractivity contribution is 6.77. The predicted octanol–water partition coefficient (Wildman–Crippen LogP) is 5.99. The molecule has 0 bridgehead atoms. The Morgan fingerprint density at radius 1 is 0.933 bits per heavy atom. The van der Waals surface area contributed by atoms with Gasteiger partial charge in [-0.3, -0.25) is 4.79 Å². The molecule has 0 fully saturated rings. The minimum Gasteiger partial charge on any atom is -0.415 e. The van der Waals surface area contributed by atoms with Gasteiger partial charge in [0.1, 0.15) is 5.78 Å². The first-order valence-corrected chi connectivity index (χ1v) is 13.6. The van der Waals surface area contributed by atoms with E-state index in [9.17, 15) is 9.90 Å². The van der Waals surface area contributed by atoms with Crippen LogP contribution in [0.1, 0.15) is 67.4 Å². The lowest BCUT2D eigenvalue weighted by atomic mass is 9.90. The van der Waals surface area contributed by atoms with E-state index in [1.165, 1.54) is 0 Å². The van der Waals surface area contributed by atoms with Crippen LogP contribution in [-0.2, 0) is 20.6 Å². The topological polar surface area (TPSA) is 55.8 Å². The summed E-state index contributed by atoms with van der Waals surface area (Å²) in [6, 6.07) is 9.96. The van der Waals surface area contributed by atoms with Crippen molar-refractivity contribution in [1.29, 1.82) is 0 Å². The lowest BCUT2D eigenvalue weighted by Gasteiger charge is -2.42. The second-order valence-corrected chi connectivity index (χ2v) is 15.1. The minimum atomic E-state index is -1.99. The van der Waals surface area contributed by atoms with Gasteiger partial charge in [-0.1, -0.05) is 85.7 Å². The minimum absolute atomic E-state index is 0.0738. The quantitative estimate of drug-likeness (QED) is 0.287. The van der Waals surface area contributed by atoms with E-state index in [0.29, 0.717) is 42.9 Å². The maximum absolute atomic E-state index is 12.9. The molecule has 0 aliphatic heterocycles. The Morgan fingerprint density at radius 3 is 1.97 bits per heavy atom. The number of hydrogen-bond donors (Lipinski definition) is 1. The molecule has 30 heavy (non-hydrogen) atoms. The van der Waals surface area contributed by atoms with E-state index in [2.05, 4.69) is 41.5 Å². The van der Waals surface area contributed by atoms with Crippen molar-refractivity contribution >= 4 is 14.1 Å². The maximum atomic E-state index is 12.9. The normalized spacial score (nSPS) is 15.6. The Morgan fingerprint density at radius 2 is 1.47 bits per heavy atom. The van der Waals surface area contributed by atoms with Crippen LogP contribution in [-0.4, -0.2) is 38.5 Å². The van der Waals surface area contributed by atoms with E-state index in [0.717, 1.165) is 5.56 Å². The molecule has 3 atom stereocenters. The largest absolute Gasteiger partial charge is 0.415 e. The highest BCUT2D eigenvalue weighted by Gasteiger charge is 2.45. The molecule has 0 heterocycles. The summed E-state index contributed by atoms with van der Waals surface area (Å²) in [6.45, 7) is 18.6. The zero-order valence-electron chi connectivity index (χ0n) is 20.4. The van der Waals surface area contributed by atoms with Gasteiger partial charge in [0.05, 0.1) is 12.7 Å². The van der Waals surface area contributed by atoms with Gasteiger partial charge in [-0.05, 0) is 28.6 Å². The second-order valence-electron chi connectivity index (χ2n) is 9.61. The van der Waals surface area contributed by atoms with Crippen molar-refractivity contribution in [2.75, 3.05) is 13.2 Å². The summed E-state index contributed by atoms with van der Waals surface area (Å²) in [5.74, 6) is -0.565. The molecular weight excluding hydrogens is 392 g/mol. The number of Topliss-reactive ketones (excluding diaryl/α,β-unsaturated/α-hetero) is 1. The summed E-state index contributed by atoms with van der Waals surface area (Å²) in [5.41, 5.74) is 2.58. The van der Waals surface area contributed by atoms with E-state index in [1.54, 1.807) is 0 Å². The van der Waals surface area contributed by atoms with Gasteiger partial charge in [0.2, 0.25) is 0 Å². The molecule has 5 heteroatoms. The number of benzene rings is 1. The van der Waals surface area contributed by atoms with Crippen LogP contribution in [0.15, 0.2) is 30.3 Å². The van der Waals surface area contributed by atoms with Crippen molar-refractivity contribution in [3.63, 3.8) is 0 Å². The van der Waals surface area contributed by atoms with Crippen LogP contribution in [0.5, 0.6) is 0 Å². The third kappa shape index (κ3) is 7.29. The first-order chi connectivity index (χ1) is 14.0. The number of aliphatic hydroxyl groups is 1. The lowest BCUT2D eigenvalue weighted by molar-refractivity contribution is -0.130. The molecule has 0 aliphatic carbocycles. The SMILES string of the molecule is CC(C)[Si](OC[C@H](C)C(=O)[C@H](C)[C@@H](O)CCOCc1ccccc1)(C(C)C)C(C)C. The molecule has 0 saturated carbocycles. The van der Waals surface area contributed by atoms with Crippen molar-refractivity contribution in [3.05, 3.63) is 35.9 Å². The van der Waals surface area contributed by atoms with Crippen LogP contribution >= 0.6 is 0 Å². The summed E-state index contributed by atoms with van der Waals surface area (Å²) in [5, 5.41) is 10.5. The molecular formula is C25H44O4Si. The van der Waals surface area contributed by atoms with Gasteiger partial charge in [0, 0.05) is 25.0 Å². The first-order valence-electron chi connectivity index (χ1n) is 11.5. The highest BCUT2D eigenvalue weighted by atomic mass is 28.4. The van der Waals surface area contributed by atoms with Crippen molar-refractivity contribution < 1.29 is 19.1 Å². The number of hydrogen-bond acceptors (Lipinski definition) is 4. The van der Waals surface area contributed by atoms with E-state index < -0.39 is 20.3 Å². The smallest absolute Gasteiger partial charge is 0.200 e. The Labute approximate surface area is 185 Å². The molecule has 0 saturated heterocycles. The number of carbonyl (C=O) groups is 1. The van der Waals surface area contributed by atoms with Crippen molar-refractivity contribution in [2.45, 2.75) is 91.1 Å². The molecule has 1 aromatic carbocycles. The van der Waals surface area contributed by atoms with E-state index in [4.69, 9.17) is 9.16 Å². The molecule has 1 N–H and O–H groups in total. The van der Waals surface area contributed by atoms with Crippen molar-refractivity contribution in [2.24, 2.45) is 11.8 Å². The number of ketones is 1. The molecule has 172 valence electrons. The van der Waals surface area contributed by atoms with Gasteiger partial charge in [-0.25, -0.2) is 0 Å². The third-order valence-electron chi connectivity index (χ3n) is 6.47. The summed E-state index contributed by atoms with van der Waals surface area (Å²) in [6.07, 6.45) is -0.242. The Hall–Kier alpha value is -1.01. The summed E-state index contributed by atoms with van der Waals surface area (Å²) < 4.78 is 12.2. The van der Waals surface area contributed by atoms with E-state index in [1.807, 2.05) is 44.2 Å². The van der Waals surface area contributed by atoms with Crippen LogP contribution in [0.2, 0.25) is 16.6 Å². The molecule has 1 aromatic rings. The van der Waals surface area contributed by atoms with Gasteiger partial charge >= 0.3 is 0 Å². The number of rotatable bonds is 14. The molecule has 0 unspecified atom stereocenters. The van der Waals surface area contributed by atoms with Gasteiger partial charge in [-0.2, -0.15) is 0 Å². The Balaban J connectivity index is 2.53. The van der Waals surface area contributed by atoms with Crippen LogP contribution in [0.4, 0.5) is 0 Å². The van der Waals surface area contributed by atoms with Crippen LogP contribution in [0, 0.1) is 11.8 Å². The predicted molar refractivity (Wildman–Crippen MR) is 127 cm³/mol. The highest BCUT2D eigenvalue weighted by Crippen LogP contribution is 2.42. The zero-order chi connectivity index (χ0) is 22.9. The summed E-state index contributed by atoms with van der Waals surface area (Å²) in [7, 11) is -1.99. The first kappa shape index (κ1) is 27.0. The van der Waals surface area contributed by atoms with Gasteiger partial charge in [-0.15, -0.1) is 0 Å². The van der Waals surface area contributed by atoms with Crippen LogP contribution in [0.25, 0.3) is 0 Å². The Kier molecular flexibility index (Phi) is 11.5. The van der Waals surface area contributed by atoms with Gasteiger partial charge in [0.25, 0.3) is 0 Å². The molecule has 4 nitrogen and oxygen atoms in total. The van der Waals surface area contributed by atoms with E-state index in [-0.39, 0.29) is 11.7 Å². The number of aliphatic hydroxyl groups excluding tert-OH is 1. The van der Waals surface area contributed by atoms with Crippen molar-refractivity contribution in [1.82, 2.24) is 0 Å². The maximum Gasteiger partial charge on any atom is 0.200 e. The molecule has 0 aromatic heterocycles. The number of carbonyl (C=O) groups excluding carboxylic acids is 1. The van der Waals surface area contributed by atoms with Gasteiger partial charge < -0.3 is 14.3 Å². The fraction of sp³-hybridized carbons (Fsp3) is 0.720. The Bertz CT molecular complexity index is 593. The summed E-state index contributed by atoms with van der Waals surface area (Å²) >= 11 is 0. The van der Waals surface area contributed by atoms with Crippen LogP contribution in [0.3, 0.4) is 0 Å². The molecule has 0 amide bonds. The fourth-order valence-corrected chi connectivity index (χ4v) is 10.2. The van der Waals surface area contributed by atoms with Crippen molar-refractivity contribution in [3.8, 4) is 0 Å². The fourth-order valence-electron chi connectivity index (χ4n) is 4.71. The zero-order valence-corrected chi connectivity index (χ0v) is 21.4. The third-order valence-corrected chi connectivity index (χ3v) is 12.6. The van der Waals surface area contributed by atoms with Gasteiger partial charge in [0.15, 0.2) is 8.32 Å². The standard InChI is InChI=1S/C25H44O4Si/c1-18(2)30(19(3)4,20(5)6)29-16-21(7)25(27)22(8)24(26)14-15-28-17-23-12-10-9-11-13-23/h9-13,18-22,24,26H,14-17H2,1-8H3/t21-,22+,24-/m0/s1. The summed E-state index contributed by atoms with van der Waals surface area (Å²) in [4.78, 5) is 12.9. The average molecular weight is 437 g/mol.